The van der Waals surface area contributed by atoms with E-state index >= 15 is 0 Å². The summed E-state index contributed by atoms with van der Waals surface area (Å²) >= 11 is 5.20. The molecule has 1 aromatic heterocycles. The molecule has 0 unspecified atom stereocenters. The minimum atomic E-state index is -0.399. The van der Waals surface area contributed by atoms with Crippen LogP contribution in [0.25, 0.3) is 0 Å². The third kappa shape index (κ3) is 2.62. The molecule has 1 amide bonds. The van der Waals surface area contributed by atoms with E-state index in [1.54, 1.807) is 0 Å². The summed E-state index contributed by atoms with van der Waals surface area (Å²) in [6.07, 6.45) is 2.24. The van der Waals surface area contributed by atoms with Crippen LogP contribution >= 0.6 is 12.2 Å². The highest BCUT2D eigenvalue weighted by atomic mass is 32.1. The number of carbonyl (C=O) groups is 1. The summed E-state index contributed by atoms with van der Waals surface area (Å²) in [7, 11) is 1.92. The number of fused-ring (bicyclic) bond motifs is 1. The van der Waals surface area contributed by atoms with Gasteiger partial charge in [-0.1, -0.05) is 18.2 Å². The normalized spacial score (nSPS) is 23.0. The van der Waals surface area contributed by atoms with Crippen molar-refractivity contribution in [2.75, 3.05) is 13.1 Å². The summed E-state index contributed by atoms with van der Waals surface area (Å²) in [5, 5.41) is 7.17. The molecule has 0 saturated carbocycles. The number of piperidine rings is 1. The average molecular weight is 344 g/mol. The Kier molecular flexibility index (Phi) is 3.88. The lowest BCUT2D eigenvalue weighted by Gasteiger charge is -2.33. The van der Waals surface area contributed by atoms with Crippen molar-refractivity contribution in [2.45, 2.75) is 31.3 Å². The predicted octanol–water partition coefficient (Wildman–Crippen LogP) is 2.19. The number of nitrogens with one attached hydrogen (secondary N) is 1. The number of aromatic nitrogens is 3. The number of amides is 1. The molecule has 24 heavy (non-hydrogen) atoms. The van der Waals surface area contributed by atoms with Crippen LogP contribution in [0, 0.1) is 4.77 Å². The number of H-pyrrole nitrogens is 1. The molecule has 126 valence electrons. The first kappa shape index (κ1) is 15.4. The molecule has 0 radical (unpaired) electrons. The number of likely N-dealkylation sites (tertiary alicyclic amines) is 1. The van der Waals surface area contributed by atoms with Gasteiger partial charge < -0.3 is 14.2 Å². The van der Waals surface area contributed by atoms with Crippen molar-refractivity contribution < 1.29 is 9.53 Å². The van der Waals surface area contributed by atoms with Gasteiger partial charge in [-0.3, -0.25) is 9.89 Å². The zero-order valence-corrected chi connectivity index (χ0v) is 14.4. The molecule has 4 rings (SSSR count). The van der Waals surface area contributed by atoms with Gasteiger partial charge >= 0.3 is 0 Å². The van der Waals surface area contributed by atoms with E-state index in [9.17, 15) is 4.79 Å². The molecule has 2 aliphatic heterocycles. The Labute approximate surface area is 145 Å². The molecule has 0 bridgehead atoms. The highest BCUT2D eigenvalue weighted by Crippen LogP contribution is 2.31. The van der Waals surface area contributed by atoms with Crippen LogP contribution in [0.3, 0.4) is 0 Å². The lowest BCUT2D eigenvalue weighted by atomic mass is 9.96. The van der Waals surface area contributed by atoms with Crippen molar-refractivity contribution in [1.29, 1.82) is 0 Å². The molecule has 3 heterocycles. The van der Waals surface area contributed by atoms with Gasteiger partial charge in [0.25, 0.3) is 5.91 Å². The van der Waals surface area contributed by atoms with E-state index in [-0.39, 0.29) is 11.8 Å². The number of carbonyl (C=O) groups excluding carboxylic acids is 1. The number of hydrogen-bond acceptors (Lipinski definition) is 4. The molecule has 1 fully saturated rings. The Morgan fingerprint density at radius 3 is 3.00 bits per heavy atom. The molecule has 6 nitrogen and oxygen atoms in total. The predicted molar refractivity (Wildman–Crippen MR) is 91.5 cm³/mol. The van der Waals surface area contributed by atoms with Crippen LogP contribution in [-0.2, 0) is 18.3 Å². The van der Waals surface area contributed by atoms with Gasteiger partial charge in [-0.05, 0) is 36.7 Å². The third-order valence-electron chi connectivity index (χ3n) is 4.94. The van der Waals surface area contributed by atoms with Gasteiger partial charge in [0.15, 0.2) is 10.9 Å². The van der Waals surface area contributed by atoms with Gasteiger partial charge in [-0.2, -0.15) is 5.10 Å². The highest BCUT2D eigenvalue weighted by molar-refractivity contribution is 7.71. The van der Waals surface area contributed by atoms with Crippen LogP contribution < -0.4 is 4.74 Å². The zero-order valence-electron chi connectivity index (χ0n) is 13.6. The molecule has 2 aliphatic rings. The maximum atomic E-state index is 12.9. The quantitative estimate of drug-likeness (QED) is 0.848. The number of nitrogens with zero attached hydrogens (tertiary/aromatic N) is 3. The van der Waals surface area contributed by atoms with Crippen LogP contribution in [0.5, 0.6) is 5.75 Å². The highest BCUT2D eigenvalue weighted by Gasteiger charge is 2.35. The fraction of sp³-hybridized carbons (Fsp3) is 0.471. The summed E-state index contributed by atoms with van der Waals surface area (Å²) in [4.78, 5) is 14.8. The summed E-state index contributed by atoms with van der Waals surface area (Å²) in [5.74, 6) is 2.05. The molecule has 0 spiro atoms. The van der Waals surface area contributed by atoms with Crippen LogP contribution in [0.4, 0.5) is 0 Å². The first-order valence-electron chi connectivity index (χ1n) is 8.28. The second-order valence-corrected chi connectivity index (χ2v) is 6.87. The molecule has 7 heteroatoms. The lowest BCUT2D eigenvalue weighted by molar-refractivity contribution is -0.139. The molecule has 2 aromatic rings. The molecule has 1 aromatic carbocycles. The maximum absolute atomic E-state index is 12.9. The van der Waals surface area contributed by atoms with Gasteiger partial charge in [0.2, 0.25) is 0 Å². The summed E-state index contributed by atoms with van der Waals surface area (Å²) in [5.41, 5.74) is 1.11. The van der Waals surface area contributed by atoms with E-state index in [2.05, 4.69) is 10.2 Å². The van der Waals surface area contributed by atoms with E-state index in [1.165, 1.54) is 0 Å². The first-order valence-corrected chi connectivity index (χ1v) is 8.69. The maximum Gasteiger partial charge on any atom is 0.264 e. The summed E-state index contributed by atoms with van der Waals surface area (Å²) in [6, 6.07) is 7.87. The molecule has 2 atom stereocenters. The van der Waals surface area contributed by atoms with Crippen molar-refractivity contribution in [3.63, 3.8) is 0 Å². The van der Waals surface area contributed by atoms with E-state index < -0.39 is 6.10 Å². The Morgan fingerprint density at radius 2 is 2.25 bits per heavy atom. The fourth-order valence-electron chi connectivity index (χ4n) is 3.64. The SMILES string of the molecule is Cn1c([C@@H]2CCCN(C(=O)[C@H]3Cc4ccccc4O3)C2)n[nH]c1=S. The number of ether oxygens (including phenoxy) is 1. The summed E-state index contributed by atoms with van der Waals surface area (Å²) < 4.78 is 8.37. The van der Waals surface area contributed by atoms with Crippen molar-refractivity contribution in [3.8, 4) is 5.75 Å². The Balaban J connectivity index is 1.48. The second-order valence-electron chi connectivity index (χ2n) is 6.49. The van der Waals surface area contributed by atoms with Crippen LogP contribution in [0.1, 0.15) is 30.1 Å². The minimum absolute atomic E-state index is 0.0766. The van der Waals surface area contributed by atoms with E-state index in [0.717, 1.165) is 36.5 Å². The monoisotopic (exact) mass is 344 g/mol. The van der Waals surface area contributed by atoms with Crippen LogP contribution in [0.15, 0.2) is 24.3 Å². The van der Waals surface area contributed by atoms with Crippen molar-refractivity contribution in [2.24, 2.45) is 7.05 Å². The smallest absolute Gasteiger partial charge is 0.264 e. The number of rotatable bonds is 2. The number of aromatic amines is 1. The number of hydrogen-bond donors (Lipinski definition) is 1. The lowest BCUT2D eigenvalue weighted by Crippen LogP contribution is -2.46. The topological polar surface area (TPSA) is 63.1 Å². The summed E-state index contributed by atoms with van der Waals surface area (Å²) in [6.45, 7) is 1.45. The molecular formula is C17H20N4O2S. The minimum Gasteiger partial charge on any atom is -0.480 e. The van der Waals surface area contributed by atoms with Gasteiger partial charge in [0, 0.05) is 32.5 Å². The van der Waals surface area contributed by atoms with Crippen LogP contribution in [-0.4, -0.2) is 44.8 Å². The fourth-order valence-corrected chi connectivity index (χ4v) is 3.77. The van der Waals surface area contributed by atoms with E-state index in [4.69, 9.17) is 17.0 Å². The van der Waals surface area contributed by atoms with E-state index in [1.807, 2.05) is 40.8 Å². The molecular weight excluding hydrogens is 324 g/mol. The third-order valence-corrected chi connectivity index (χ3v) is 5.30. The van der Waals surface area contributed by atoms with Gasteiger partial charge in [0.05, 0.1) is 0 Å². The van der Waals surface area contributed by atoms with Crippen molar-refractivity contribution >= 4 is 18.1 Å². The van der Waals surface area contributed by atoms with Crippen molar-refractivity contribution in [3.05, 3.63) is 40.4 Å². The Morgan fingerprint density at radius 1 is 1.42 bits per heavy atom. The average Bonchev–Trinajstić information content (AvgIpc) is 3.18. The molecule has 0 aliphatic carbocycles. The van der Waals surface area contributed by atoms with Crippen molar-refractivity contribution in [1.82, 2.24) is 19.7 Å². The first-order chi connectivity index (χ1) is 11.6. The van der Waals surface area contributed by atoms with Gasteiger partial charge in [-0.15, -0.1) is 0 Å². The van der Waals surface area contributed by atoms with Crippen LogP contribution in [0.2, 0.25) is 0 Å². The largest absolute Gasteiger partial charge is 0.480 e. The number of benzene rings is 1. The molecule has 1 saturated heterocycles. The Bertz CT molecular complexity index is 803. The van der Waals surface area contributed by atoms with Gasteiger partial charge in [0.1, 0.15) is 11.6 Å². The zero-order chi connectivity index (χ0) is 16.7. The van der Waals surface area contributed by atoms with Gasteiger partial charge in [-0.25, -0.2) is 0 Å². The van der Waals surface area contributed by atoms with E-state index in [0.29, 0.717) is 17.7 Å². The molecule has 1 N–H and O–H groups in total. The Hall–Kier alpha value is -2.15. The standard InChI is InChI=1S/C17H20N4O2S/c1-20-15(18-19-17(20)24)12-6-4-8-21(10-12)16(22)14-9-11-5-2-3-7-13(11)23-14/h2-3,5,7,12,14H,4,6,8-10H2,1H3,(H,19,24)/t12-,14-/m1/s1. The number of para-hydroxylation sites is 1. The second kappa shape index (κ2) is 6.05.